The molecule has 1 aromatic carbocycles. The number of nitrogens with one attached hydrogen (secondary N) is 1. The summed E-state index contributed by atoms with van der Waals surface area (Å²) in [6.45, 7) is 0. The Kier molecular flexibility index (Phi) is 1.92. The molecule has 0 radical (unpaired) electrons. The number of benzene rings is 1. The fourth-order valence-electron chi connectivity index (χ4n) is 1.28. The van der Waals surface area contributed by atoms with Crippen LogP contribution in [0.2, 0.25) is 0 Å². The fraction of sp³-hybridized carbons (Fsp3) is 0. The number of nitriles is 1. The second kappa shape index (κ2) is 3.23. The van der Waals surface area contributed by atoms with Crippen LogP contribution in [0.5, 0.6) is 0 Å². The zero-order valence-electron chi connectivity index (χ0n) is 7.36. The molecule has 3 N–H and O–H groups in total. The molecule has 4 heteroatoms. The van der Waals surface area contributed by atoms with E-state index >= 15 is 0 Å². The average Bonchev–Trinajstić information content (AvgIpc) is 2.65. The fourth-order valence-corrected chi connectivity index (χ4v) is 1.28. The highest BCUT2D eigenvalue weighted by Gasteiger charge is 2.04. The van der Waals surface area contributed by atoms with Crippen LogP contribution in [0.15, 0.2) is 30.5 Å². The van der Waals surface area contributed by atoms with Crippen LogP contribution in [0.1, 0.15) is 5.56 Å². The zero-order chi connectivity index (χ0) is 9.97. The number of anilines is 1. The molecule has 0 bridgehead atoms. The van der Waals surface area contributed by atoms with Gasteiger partial charge < -0.3 is 5.73 Å². The number of nitrogens with zero attached hydrogens (tertiary/aromatic N) is 2. The van der Waals surface area contributed by atoms with Gasteiger partial charge in [0.2, 0.25) is 0 Å². The van der Waals surface area contributed by atoms with E-state index in [2.05, 4.69) is 16.3 Å². The van der Waals surface area contributed by atoms with Crippen LogP contribution >= 0.6 is 0 Å². The van der Waals surface area contributed by atoms with Gasteiger partial charge in [0.05, 0.1) is 17.8 Å². The van der Waals surface area contributed by atoms with Crippen LogP contribution in [0.3, 0.4) is 0 Å². The predicted molar refractivity (Wildman–Crippen MR) is 53.2 cm³/mol. The van der Waals surface area contributed by atoms with Crippen molar-refractivity contribution in [3.05, 3.63) is 36.0 Å². The summed E-state index contributed by atoms with van der Waals surface area (Å²) >= 11 is 0. The Hall–Kier alpha value is -2.28. The smallest absolute Gasteiger partial charge is 0.126 e. The van der Waals surface area contributed by atoms with Crippen molar-refractivity contribution in [2.45, 2.75) is 0 Å². The lowest BCUT2D eigenvalue weighted by Crippen LogP contribution is -1.87. The highest BCUT2D eigenvalue weighted by atomic mass is 15.1. The lowest BCUT2D eigenvalue weighted by Gasteiger charge is -1.98. The summed E-state index contributed by atoms with van der Waals surface area (Å²) in [4.78, 5) is 0. The molecular weight excluding hydrogens is 176 g/mol. The molecule has 0 fully saturated rings. The molecule has 0 amide bonds. The monoisotopic (exact) mass is 184 g/mol. The summed E-state index contributed by atoms with van der Waals surface area (Å²) in [6.07, 6.45) is 1.64. The van der Waals surface area contributed by atoms with E-state index in [9.17, 15) is 0 Å². The Morgan fingerprint density at radius 1 is 1.43 bits per heavy atom. The van der Waals surface area contributed by atoms with Crippen molar-refractivity contribution < 1.29 is 0 Å². The first-order valence-corrected chi connectivity index (χ1v) is 4.10. The molecule has 0 saturated carbocycles. The van der Waals surface area contributed by atoms with Crippen LogP contribution in [-0.2, 0) is 0 Å². The van der Waals surface area contributed by atoms with E-state index in [1.165, 1.54) is 0 Å². The highest BCUT2D eigenvalue weighted by molar-refractivity contribution is 5.73. The molecule has 14 heavy (non-hydrogen) atoms. The topological polar surface area (TPSA) is 78.5 Å². The lowest BCUT2D eigenvalue weighted by molar-refractivity contribution is 1.10. The molecule has 2 rings (SSSR count). The molecule has 0 saturated heterocycles. The van der Waals surface area contributed by atoms with Gasteiger partial charge in [0.1, 0.15) is 5.82 Å². The van der Waals surface area contributed by atoms with Crippen molar-refractivity contribution in [1.29, 1.82) is 5.26 Å². The summed E-state index contributed by atoms with van der Waals surface area (Å²) in [5, 5.41) is 15.2. The van der Waals surface area contributed by atoms with Gasteiger partial charge in [-0.1, -0.05) is 12.1 Å². The number of H-pyrrole nitrogens is 1. The first kappa shape index (κ1) is 8.32. The van der Waals surface area contributed by atoms with E-state index in [1.54, 1.807) is 18.3 Å². The normalized spacial score (nSPS) is 9.64. The van der Waals surface area contributed by atoms with Gasteiger partial charge in [-0.05, 0) is 17.7 Å². The third-order valence-electron chi connectivity index (χ3n) is 1.97. The Morgan fingerprint density at radius 3 is 2.93 bits per heavy atom. The van der Waals surface area contributed by atoms with E-state index in [1.807, 2.05) is 12.1 Å². The van der Waals surface area contributed by atoms with Crippen LogP contribution in [0.25, 0.3) is 11.1 Å². The Morgan fingerprint density at radius 2 is 2.29 bits per heavy atom. The molecule has 0 aliphatic rings. The maximum Gasteiger partial charge on any atom is 0.126 e. The number of aromatic nitrogens is 2. The molecule has 4 nitrogen and oxygen atoms in total. The average molecular weight is 184 g/mol. The molecule has 0 aliphatic heterocycles. The van der Waals surface area contributed by atoms with E-state index in [-0.39, 0.29) is 0 Å². The van der Waals surface area contributed by atoms with Gasteiger partial charge in [-0.3, -0.25) is 5.10 Å². The molecule has 1 aromatic heterocycles. The number of aromatic amines is 1. The number of nitrogens with two attached hydrogens (primary N) is 1. The van der Waals surface area contributed by atoms with Crippen LogP contribution in [-0.4, -0.2) is 10.2 Å². The summed E-state index contributed by atoms with van der Waals surface area (Å²) < 4.78 is 0. The van der Waals surface area contributed by atoms with E-state index in [0.29, 0.717) is 11.4 Å². The minimum Gasteiger partial charge on any atom is -0.384 e. The van der Waals surface area contributed by atoms with Crippen molar-refractivity contribution in [1.82, 2.24) is 10.2 Å². The summed E-state index contributed by atoms with van der Waals surface area (Å²) in [6, 6.07) is 9.32. The molecule has 0 spiro atoms. The van der Waals surface area contributed by atoms with Crippen LogP contribution in [0, 0.1) is 11.3 Å². The van der Waals surface area contributed by atoms with Crippen molar-refractivity contribution in [2.75, 3.05) is 5.73 Å². The minimum absolute atomic E-state index is 0.514. The van der Waals surface area contributed by atoms with Gasteiger partial charge >= 0.3 is 0 Å². The number of hydrogen-bond acceptors (Lipinski definition) is 3. The molecule has 0 aliphatic carbocycles. The summed E-state index contributed by atoms with van der Waals surface area (Å²) in [5.41, 5.74) is 8.00. The van der Waals surface area contributed by atoms with E-state index in [0.717, 1.165) is 11.1 Å². The van der Waals surface area contributed by atoms with Gasteiger partial charge in [0, 0.05) is 5.56 Å². The second-order valence-electron chi connectivity index (χ2n) is 2.89. The van der Waals surface area contributed by atoms with Crippen LogP contribution < -0.4 is 5.73 Å². The van der Waals surface area contributed by atoms with Gasteiger partial charge in [-0.25, -0.2) is 0 Å². The van der Waals surface area contributed by atoms with Crippen molar-refractivity contribution in [3.63, 3.8) is 0 Å². The van der Waals surface area contributed by atoms with Crippen molar-refractivity contribution in [2.24, 2.45) is 0 Å². The maximum atomic E-state index is 8.72. The predicted octanol–water partition coefficient (Wildman–Crippen LogP) is 1.53. The standard InChI is InChI=1S/C10H8N4/c11-5-7-2-1-3-8(4-7)9-6-13-14-10(9)12/h1-4,6H,(H3,12,13,14). The maximum absolute atomic E-state index is 8.72. The number of nitrogen functional groups attached to an aromatic ring is 1. The highest BCUT2D eigenvalue weighted by Crippen LogP contribution is 2.23. The number of rotatable bonds is 1. The number of hydrogen-bond donors (Lipinski definition) is 2. The molecule has 1 heterocycles. The van der Waals surface area contributed by atoms with E-state index in [4.69, 9.17) is 11.0 Å². The molecule has 68 valence electrons. The van der Waals surface area contributed by atoms with Crippen LogP contribution in [0.4, 0.5) is 5.82 Å². The minimum atomic E-state index is 0.514. The van der Waals surface area contributed by atoms with Gasteiger partial charge in [-0.2, -0.15) is 10.4 Å². The van der Waals surface area contributed by atoms with Crippen molar-refractivity contribution in [3.8, 4) is 17.2 Å². The summed E-state index contributed by atoms with van der Waals surface area (Å²) in [7, 11) is 0. The first-order chi connectivity index (χ1) is 6.81. The lowest BCUT2D eigenvalue weighted by atomic mass is 10.1. The SMILES string of the molecule is N#Cc1cccc(-c2cn[nH]c2N)c1. The molecular formula is C10H8N4. The van der Waals surface area contributed by atoms with Crippen molar-refractivity contribution >= 4 is 5.82 Å². The Labute approximate surface area is 81.0 Å². The van der Waals surface area contributed by atoms with Gasteiger partial charge in [-0.15, -0.1) is 0 Å². The molecule has 0 unspecified atom stereocenters. The Bertz CT molecular complexity index is 493. The first-order valence-electron chi connectivity index (χ1n) is 4.10. The molecule has 0 atom stereocenters. The molecule has 2 aromatic rings. The quantitative estimate of drug-likeness (QED) is 0.705. The van der Waals surface area contributed by atoms with Gasteiger partial charge in [0.15, 0.2) is 0 Å². The zero-order valence-corrected chi connectivity index (χ0v) is 7.36. The third kappa shape index (κ3) is 1.31. The van der Waals surface area contributed by atoms with E-state index < -0.39 is 0 Å². The second-order valence-corrected chi connectivity index (χ2v) is 2.89. The largest absolute Gasteiger partial charge is 0.384 e. The third-order valence-corrected chi connectivity index (χ3v) is 1.97. The Balaban J connectivity index is 2.53. The summed E-state index contributed by atoms with van der Waals surface area (Å²) in [5.74, 6) is 0.514. The van der Waals surface area contributed by atoms with Gasteiger partial charge in [0.25, 0.3) is 0 Å².